The highest BCUT2D eigenvalue weighted by molar-refractivity contribution is 7.80. The molecule has 4 nitrogen and oxygen atoms in total. The molecule has 0 aromatic heterocycles. The molecule has 6 heteroatoms. The molecule has 0 radical (unpaired) electrons. The summed E-state index contributed by atoms with van der Waals surface area (Å²) in [7, 11) is 0. The first-order valence-corrected chi connectivity index (χ1v) is 14.9. The van der Waals surface area contributed by atoms with Gasteiger partial charge < -0.3 is 20.4 Å². The summed E-state index contributed by atoms with van der Waals surface area (Å²) >= 11 is 11.4. The molecule has 0 amide bonds. The Kier molecular flexibility index (Phi) is 9.83. The molecule has 0 unspecified atom stereocenters. The van der Waals surface area contributed by atoms with Gasteiger partial charge in [0.15, 0.2) is 10.2 Å². The Morgan fingerprint density at radius 3 is 1.38 bits per heavy atom. The van der Waals surface area contributed by atoms with E-state index in [1.165, 1.54) is 67.2 Å². The molecule has 0 spiro atoms. The van der Waals surface area contributed by atoms with Gasteiger partial charge in [-0.1, -0.05) is 31.4 Å². The number of rotatable bonds is 6. The van der Waals surface area contributed by atoms with Gasteiger partial charge in [0.05, 0.1) is 0 Å². The maximum absolute atomic E-state index is 5.72. The summed E-state index contributed by atoms with van der Waals surface area (Å²) in [6.07, 6.45) is 9.09. The lowest BCUT2D eigenvalue weighted by Crippen LogP contribution is -2.41. The number of thiocarbonyl (C=S) groups is 2. The molecule has 200 valence electrons. The first kappa shape index (κ1) is 27.8. The van der Waals surface area contributed by atoms with E-state index in [9.17, 15) is 0 Å². The third-order valence-electron chi connectivity index (χ3n) is 8.54. The Hall–Kier alpha value is -2.18. The van der Waals surface area contributed by atoms with Crippen molar-refractivity contribution in [3.63, 3.8) is 0 Å². The van der Waals surface area contributed by atoms with Crippen molar-refractivity contribution in [2.24, 2.45) is 11.8 Å². The fourth-order valence-electron chi connectivity index (χ4n) is 5.59. The summed E-state index contributed by atoms with van der Waals surface area (Å²) < 4.78 is 0. The second-order valence-electron chi connectivity index (χ2n) is 11.3. The van der Waals surface area contributed by atoms with Gasteiger partial charge in [0.1, 0.15) is 0 Å². The van der Waals surface area contributed by atoms with Gasteiger partial charge in [0, 0.05) is 37.6 Å². The zero-order valence-electron chi connectivity index (χ0n) is 23.1. The van der Waals surface area contributed by atoms with Gasteiger partial charge in [-0.15, -0.1) is 0 Å². The van der Waals surface area contributed by atoms with Crippen LogP contribution in [0, 0.1) is 39.5 Å². The maximum Gasteiger partial charge on any atom is 0.173 e. The number of nitrogens with one attached hydrogen (secondary N) is 2. The van der Waals surface area contributed by atoms with Crippen LogP contribution >= 0.6 is 24.4 Å². The third kappa shape index (κ3) is 7.90. The number of hydrogen-bond acceptors (Lipinski definition) is 2. The lowest BCUT2D eigenvalue weighted by atomic mass is 9.87. The third-order valence-corrected chi connectivity index (χ3v) is 9.27. The molecule has 2 heterocycles. The molecule has 0 saturated carbocycles. The Morgan fingerprint density at radius 2 is 1.03 bits per heavy atom. The Balaban J connectivity index is 1.10. The van der Waals surface area contributed by atoms with E-state index in [1.807, 2.05) is 0 Å². The SMILES string of the molecule is Cc1ccc(NC(=S)N2CCC(CCCC3CCN(C(=S)Nc4ccc(C)c(C)c4)CC3)CC2)cc1C. The van der Waals surface area contributed by atoms with Gasteiger partial charge in [-0.25, -0.2) is 0 Å². The smallest absolute Gasteiger partial charge is 0.173 e. The van der Waals surface area contributed by atoms with Crippen LogP contribution in [0.1, 0.15) is 67.2 Å². The number of benzene rings is 2. The van der Waals surface area contributed by atoms with E-state index in [4.69, 9.17) is 24.4 Å². The van der Waals surface area contributed by atoms with Crippen LogP contribution in [0.25, 0.3) is 0 Å². The van der Waals surface area contributed by atoms with Crippen LogP contribution in [0.5, 0.6) is 0 Å². The fourth-order valence-corrected chi connectivity index (χ4v) is 6.19. The Labute approximate surface area is 235 Å². The molecular weight excluding hydrogens is 493 g/mol. The summed E-state index contributed by atoms with van der Waals surface area (Å²) in [6.45, 7) is 12.9. The van der Waals surface area contributed by atoms with Gasteiger partial charge in [0.25, 0.3) is 0 Å². The van der Waals surface area contributed by atoms with E-state index in [0.717, 1.165) is 59.6 Å². The molecule has 2 aliphatic heterocycles. The molecule has 37 heavy (non-hydrogen) atoms. The number of aryl methyl sites for hydroxylation is 4. The second-order valence-corrected chi connectivity index (χ2v) is 12.0. The molecular formula is C31H44N4S2. The van der Waals surface area contributed by atoms with Crippen molar-refractivity contribution in [3.05, 3.63) is 58.7 Å². The lowest BCUT2D eigenvalue weighted by Gasteiger charge is -2.35. The molecule has 0 atom stereocenters. The zero-order valence-corrected chi connectivity index (χ0v) is 24.7. The van der Waals surface area contributed by atoms with Crippen LogP contribution in [-0.4, -0.2) is 46.2 Å². The Morgan fingerprint density at radius 1 is 0.649 bits per heavy atom. The first-order chi connectivity index (χ1) is 17.8. The van der Waals surface area contributed by atoms with E-state index in [0.29, 0.717) is 0 Å². The number of likely N-dealkylation sites (tertiary alicyclic amines) is 2. The molecule has 2 aromatic rings. The number of nitrogens with zero attached hydrogens (tertiary/aromatic N) is 2. The van der Waals surface area contributed by atoms with E-state index in [-0.39, 0.29) is 0 Å². The van der Waals surface area contributed by atoms with Crippen LogP contribution in [0.3, 0.4) is 0 Å². The normalized spacial score (nSPS) is 17.1. The molecule has 2 fully saturated rings. The van der Waals surface area contributed by atoms with Crippen molar-refractivity contribution in [2.75, 3.05) is 36.8 Å². The molecule has 2 aliphatic rings. The molecule has 2 N–H and O–H groups in total. The van der Waals surface area contributed by atoms with Crippen molar-refractivity contribution < 1.29 is 0 Å². The molecule has 0 aliphatic carbocycles. The van der Waals surface area contributed by atoms with Crippen molar-refractivity contribution in [1.29, 1.82) is 0 Å². The van der Waals surface area contributed by atoms with Crippen LogP contribution < -0.4 is 10.6 Å². The predicted octanol–water partition coefficient (Wildman–Crippen LogP) is 7.61. The molecule has 2 aromatic carbocycles. The Bertz CT molecular complexity index is 997. The molecule has 4 rings (SSSR count). The highest BCUT2D eigenvalue weighted by atomic mass is 32.1. The predicted molar refractivity (Wildman–Crippen MR) is 167 cm³/mol. The van der Waals surface area contributed by atoms with Gasteiger partial charge in [-0.2, -0.15) is 0 Å². The summed E-state index contributed by atoms with van der Waals surface area (Å²) in [4.78, 5) is 4.71. The summed E-state index contributed by atoms with van der Waals surface area (Å²) in [5, 5.41) is 8.65. The van der Waals surface area contributed by atoms with Gasteiger partial charge in [-0.05, 0) is 136 Å². The van der Waals surface area contributed by atoms with Crippen LogP contribution in [0.15, 0.2) is 36.4 Å². The van der Waals surface area contributed by atoms with E-state index in [1.54, 1.807) is 0 Å². The topological polar surface area (TPSA) is 30.5 Å². The molecule has 2 saturated heterocycles. The van der Waals surface area contributed by atoms with Crippen LogP contribution in [0.4, 0.5) is 11.4 Å². The summed E-state index contributed by atoms with van der Waals surface area (Å²) in [6, 6.07) is 12.9. The lowest BCUT2D eigenvalue weighted by molar-refractivity contribution is 0.229. The van der Waals surface area contributed by atoms with E-state index < -0.39 is 0 Å². The van der Waals surface area contributed by atoms with Crippen molar-refractivity contribution in [1.82, 2.24) is 9.80 Å². The minimum absolute atomic E-state index is 0.843. The zero-order chi connectivity index (χ0) is 26.4. The van der Waals surface area contributed by atoms with Gasteiger partial charge >= 0.3 is 0 Å². The monoisotopic (exact) mass is 536 g/mol. The first-order valence-electron chi connectivity index (χ1n) is 14.0. The van der Waals surface area contributed by atoms with Crippen molar-refractivity contribution >= 4 is 46.0 Å². The van der Waals surface area contributed by atoms with Gasteiger partial charge in [0.2, 0.25) is 0 Å². The largest absolute Gasteiger partial charge is 0.349 e. The number of anilines is 2. The summed E-state index contributed by atoms with van der Waals surface area (Å²) in [5.74, 6) is 1.69. The maximum atomic E-state index is 5.72. The molecule has 0 bridgehead atoms. The average molecular weight is 537 g/mol. The quantitative estimate of drug-likeness (QED) is 0.370. The van der Waals surface area contributed by atoms with Crippen molar-refractivity contribution in [3.8, 4) is 0 Å². The minimum Gasteiger partial charge on any atom is -0.349 e. The minimum atomic E-state index is 0.843. The fraction of sp³-hybridized carbons (Fsp3) is 0.548. The van der Waals surface area contributed by atoms with E-state index in [2.05, 4.69) is 84.5 Å². The van der Waals surface area contributed by atoms with Crippen LogP contribution in [-0.2, 0) is 0 Å². The van der Waals surface area contributed by atoms with Gasteiger partial charge in [-0.3, -0.25) is 0 Å². The average Bonchev–Trinajstić information content (AvgIpc) is 2.89. The number of hydrogen-bond donors (Lipinski definition) is 2. The van der Waals surface area contributed by atoms with Crippen LogP contribution in [0.2, 0.25) is 0 Å². The number of piperidine rings is 2. The standard InChI is InChI=1S/C31H44N4S2/c1-22-8-10-28(20-24(22)3)32-30(36)34-16-12-26(13-17-34)6-5-7-27-14-18-35(19-15-27)31(37)33-29-11-9-23(2)25(4)21-29/h8-11,20-21,26-27H,5-7,12-19H2,1-4H3,(H,32,36)(H,33,37). The second kappa shape index (κ2) is 13.1. The highest BCUT2D eigenvalue weighted by Crippen LogP contribution is 2.28. The van der Waals surface area contributed by atoms with Crippen molar-refractivity contribution in [2.45, 2.75) is 72.6 Å². The summed E-state index contributed by atoms with van der Waals surface area (Å²) in [5.41, 5.74) is 7.43. The van der Waals surface area contributed by atoms with E-state index >= 15 is 0 Å². The highest BCUT2D eigenvalue weighted by Gasteiger charge is 2.23.